The van der Waals surface area contributed by atoms with Crippen LogP contribution in [0.3, 0.4) is 0 Å². The summed E-state index contributed by atoms with van der Waals surface area (Å²) in [6.07, 6.45) is 11.8. The summed E-state index contributed by atoms with van der Waals surface area (Å²) in [5.41, 5.74) is 5.09. The van der Waals surface area contributed by atoms with Crippen LogP contribution in [0.1, 0.15) is 102 Å². The minimum Gasteiger partial charge on any atom is -0.242 e. The van der Waals surface area contributed by atoms with E-state index in [2.05, 4.69) is 43.1 Å². The highest BCUT2D eigenvalue weighted by molar-refractivity contribution is 5.69. The van der Waals surface area contributed by atoms with Gasteiger partial charge in [-0.1, -0.05) is 120 Å². The Morgan fingerprint density at radius 1 is 0.629 bits per heavy atom. The molecule has 3 heteroatoms. The van der Waals surface area contributed by atoms with Gasteiger partial charge in [-0.25, -0.2) is 9.37 Å². The van der Waals surface area contributed by atoms with E-state index < -0.39 is 12.1 Å². The number of benzene rings is 2. The molecule has 0 saturated carbocycles. The van der Waals surface area contributed by atoms with Gasteiger partial charge in [0.2, 0.25) is 5.95 Å². The lowest BCUT2D eigenvalue weighted by atomic mass is 9.99. The minimum absolute atomic E-state index is 0.0791. The lowest BCUT2D eigenvalue weighted by molar-refractivity contribution is 0.300. The van der Waals surface area contributed by atoms with Crippen LogP contribution < -0.4 is 0 Å². The minimum atomic E-state index is -1.29. The molecule has 1 unspecified atom stereocenters. The quantitative estimate of drug-likeness (QED) is 0.157. The predicted molar refractivity (Wildman–Crippen MR) is 145 cm³/mol. The highest BCUT2D eigenvalue weighted by atomic mass is 19.1. The van der Waals surface area contributed by atoms with Crippen LogP contribution in [-0.2, 0) is 6.42 Å². The number of rotatable bonds is 15. The van der Waals surface area contributed by atoms with Gasteiger partial charge in [-0.2, -0.15) is 4.39 Å². The zero-order valence-electron chi connectivity index (χ0n) is 21.5. The maximum absolute atomic E-state index is 14.6. The Kier molecular flexibility index (Phi) is 11.4. The molecule has 2 aromatic carbocycles. The standard InChI is InChI=1S/C32H41F2N/c1-3-5-7-8-9-10-12-14-30(33)29-23-24-31(35-32(29)34)28-21-19-27(20-22-28)26-17-15-25(16-18-26)13-11-6-4-2/h15-24,30H,3-14H2,1-2H3. The number of nitrogens with zero attached hydrogens (tertiary/aromatic N) is 1. The Morgan fingerprint density at radius 2 is 1.17 bits per heavy atom. The summed E-state index contributed by atoms with van der Waals surface area (Å²) < 4.78 is 29.3. The molecule has 0 radical (unpaired) electrons. The zero-order valence-corrected chi connectivity index (χ0v) is 21.5. The fourth-order valence-corrected chi connectivity index (χ4v) is 4.55. The first-order valence-corrected chi connectivity index (χ1v) is 13.6. The van der Waals surface area contributed by atoms with Crippen LogP contribution in [0.5, 0.6) is 0 Å². The maximum Gasteiger partial charge on any atom is 0.219 e. The smallest absolute Gasteiger partial charge is 0.219 e. The molecule has 0 aliphatic heterocycles. The Morgan fingerprint density at radius 3 is 1.80 bits per heavy atom. The summed E-state index contributed by atoms with van der Waals surface area (Å²) in [6.45, 7) is 4.42. The fourth-order valence-electron chi connectivity index (χ4n) is 4.55. The van der Waals surface area contributed by atoms with Crippen LogP contribution in [0.25, 0.3) is 22.4 Å². The third-order valence-corrected chi connectivity index (χ3v) is 6.81. The molecule has 0 bridgehead atoms. The van der Waals surface area contributed by atoms with Crippen molar-refractivity contribution in [2.45, 2.75) is 97.1 Å². The van der Waals surface area contributed by atoms with E-state index in [-0.39, 0.29) is 5.56 Å². The highest BCUT2D eigenvalue weighted by Crippen LogP contribution is 2.29. The molecule has 0 N–H and O–H groups in total. The van der Waals surface area contributed by atoms with Gasteiger partial charge in [0.1, 0.15) is 6.17 Å². The molecule has 35 heavy (non-hydrogen) atoms. The molecule has 3 aromatic rings. The highest BCUT2D eigenvalue weighted by Gasteiger charge is 2.16. The van der Waals surface area contributed by atoms with Crippen LogP contribution in [0.2, 0.25) is 0 Å². The van der Waals surface area contributed by atoms with Crippen LogP contribution in [0, 0.1) is 5.95 Å². The molecule has 188 valence electrons. The van der Waals surface area contributed by atoms with E-state index in [1.807, 2.05) is 24.3 Å². The summed E-state index contributed by atoms with van der Waals surface area (Å²) in [7, 11) is 0. The third kappa shape index (κ3) is 8.56. The number of alkyl halides is 1. The van der Waals surface area contributed by atoms with E-state index >= 15 is 0 Å². The number of aryl methyl sites for hydroxylation is 1. The Bertz CT molecular complexity index is 995. The summed E-state index contributed by atoms with van der Waals surface area (Å²) in [4.78, 5) is 4.09. The van der Waals surface area contributed by atoms with Gasteiger partial charge in [-0.15, -0.1) is 0 Å². The maximum atomic E-state index is 14.6. The van der Waals surface area contributed by atoms with Crippen molar-refractivity contribution in [2.75, 3.05) is 0 Å². The first-order chi connectivity index (χ1) is 17.1. The fraction of sp³-hybridized carbons (Fsp3) is 0.469. The average Bonchev–Trinajstić information content (AvgIpc) is 2.88. The van der Waals surface area contributed by atoms with Crippen molar-refractivity contribution in [3.05, 3.63) is 77.7 Å². The van der Waals surface area contributed by atoms with Crippen LogP contribution >= 0.6 is 0 Å². The molecule has 1 nitrogen and oxygen atoms in total. The van der Waals surface area contributed by atoms with Gasteiger partial charge in [0.25, 0.3) is 0 Å². The molecule has 0 amide bonds. The lowest BCUT2D eigenvalue weighted by Crippen LogP contribution is -2.00. The zero-order chi connectivity index (χ0) is 24.9. The van der Waals surface area contributed by atoms with E-state index in [0.717, 1.165) is 42.4 Å². The normalized spacial score (nSPS) is 12.1. The van der Waals surface area contributed by atoms with Gasteiger partial charge in [0, 0.05) is 11.1 Å². The SMILES string of the molecule is CCCCCCCCCC(F)c1ccc(-c2ccc(-c3ccc(CCCCC)cc3)cc2)nc1F. The number of unbranched alkanes of at least 4 members (excludes halogenated alkanes) is 8. The number of hydrogen-bond donors (Lipinski definition) is 0. The van der Waals surface area contributed by atoms with Crippen molar-refractivity contribution in [1.82, 2.24) is 4.98 Å². The summed E-state index contributed by atoms with van der Waals surface area (Å²) >= 11 is 0. The number of pyridine rings is 1. The molecular weight excluding hydrogens is 436 g/mol. The first-order valence-electron chi connectivity index (χ1n) is 13.6. The Balaban J connectivity index is 1.55. The summed E-state index contributed by atoms with van der Waals surface area (Å²) in [5, 5.41) is 0. The van der Waals surface area contributed by atoms with Crippen molar-refractivity contribution >= 4 is 0 Å². The molecule has 0 spiro atoms. The van der Waals surface area contributed by atoms with Gasteiger partial charge < -0.3 is 0 Å². The second kappa shape index (κ2) is 14.8. The van der Waals surface area contributed by atoms with E-state index in [9.17, 15) is 8.78 Å². The third-order valence-electron chi connectivity index (χ3n) is 6.81. The molecule has 3 rings (SSSR count). The van der Waals surface area contributed by atoms with Crippen LogP contribution in [0.4, 0.5) is 8.78 Å². The van der Waals surface area contributed by atoms with Crippen LogP contribution in [-0.4, -0.2) is 4.98 Å². The van der Waals surface area contributed by atoms with Gasteiger partial charge in [0.05, 0.1) is 5.69 Å². The van der Waals surface area contributed by atoms with Crippen LogP contribution in [0.15, 0.2) is 60.7 Å². The Labute approximate surface area is 211 Å². The Hall–Kier alpha value is -2.55. The monoisotopic (exact) mass is 477 g/mol. The van der Waals surface area contributed by atoms with Gasteiger partial charge in [-0.05, 0) is 48.1 Å². The average molecular weight is 478 g/mol. The predicted octanol–water partition coefficient (Wildman–Crippen LogP) is 10.4. The van der Waals surface area contributed by atoms with E-state index in [0.29, 0.717) is 12.1 Å². The molecule has 0 aliphatic rings. The second-order valence-electron chi connectivity index (χ2n) is 9.69. The molecule has 1 aromatic heterocycles. The van der Waals surface area contributed by atoms with Crippen molar-refractivity contribution in [2.24, 2.45) is 0 Å². The second-order valence-corrected chi connectivity index (χ2v) is 9.69. The van der Waals surface area contributed by atoms with Crippen molar-refractivity contribution in [3.8, 4) is 22.4 Å². The molecule has 0 saturated heterocycles. The van der Waals surface area contributed by atoms with Gasteiger partial charge in [0.15, 0.2) is 0 Å². The molecule has 1 heterocycles. The topological polar surface area (TPSA) is 12.9 Å². The van der Waals surface area contributed by atoms with Gasteiger partial charge in [-0.3, -0.25) is 0 Å². The summed E-state index contributed by atoms with van der Waals surface area (Å²) in [5.74, 6) is -0.694. The van der Waals surface area contributed by atoms with E-state index in [1.54, 1.807) is 12.1 Å². The summed E-state index contributed by atoms with van der Waals surface area (Å²) in [6, 6.07) is 20.0. The molecule has 0 fully saturated rings. The first kappa shape index (κ1) is 27.0. The molecular formula is C32H41F2N. The molecule has 0 aliphatic carbocycles. The van der Waals surface area contributed by atoms with Gasteiger partial charge >= 0.3 is 0 Å². The number of halogens is 2. The van der Waals surface area contributed by atoms with Crippen molar-refractivity contribution in [1.29, 1.82) is 0 Å². The van der Waals surface area contributed by atoms with E-state index in [4.69, 9.17) is 0 Å². The largest absolute Gasteiger partial charge is 0.242 e. The number of hydrogen-bond acceptors (Lipinski definition) is 1. The van der Waals surface area contributed by atoms with E-state index in [1.165, 1.54) is 50.5 Å². The molecule has 1 atom stereocenters. The van der Waals surface area contributed by atoms with Crippen molar-refractivity contribution in [3.63, 3.8) is 0 Å². The van der Waals surface area contributed by atoms with Crippen molar-refractivity contribution < 1.29 is 8.78 Å². The number of aromatic nitrogens is 1. The lowest BCUT2D eigenvalue weighted by Gasteiger charge is -2.11.